The van der Waals surface area contributed by atoms with Crippen LogP contribution in [0.3, 0.4) is 0 Å². The summed E-state index contributed by atoms with van der Waals surface area (Å²) in [6, 6.07) is 11.9. The van der Waals surface area contributed by atoms with E-state index in [2.05, 4.69) is 4.98 Å². The number of pyridine rings is 1. The molecule has 0 aliphatic carbocycles. The highest BCUT2D eigenvalue weighted by Gasteiger charge is 1.97. The standard InChI is InChI=1S/C12H13NO2/c14-7-8-15-9-11-6-5-10-3-1-2-4-12(10)13-11/h1-6,14H,7-9H2. The van der Waals surface area contributed by atoms with Crippen LogP contribution in [0, 0.1) is 0 Å². The van der Waals surface area contributed by atoms with Crippen LogP contribution in [-0.2, 0) is 11.3 Å². The minimum Gasteiger partial charge on any atom is -0.394 e. The average molecular weight is 203 g/mol. The Labute approximate surface area is 88.3 Å². The molecule has 0 spiro atoms. The summed E-state index contributed by atoms with van der Waals surface area (Å²) >= 11 is 0. The first-order valence-electron chi connectivity index (χ1n) is 4.93. The first-order valence-corrected chi connectivity index (χ1v) is 4.93. The molecule has 15 heavy (non-hydrogen) atoms. The molecule has 3 nitrogen and oxygen atoms in total. The number of ether oxygens (including phenoxy) is 1. The number of rotatable bonds is 4. The molecule has 0 radical (unpaired) electrons. The summed E-state index contributed by atoms with van der Waals surface area (Å²) in [6.07, 6.45) is 0. The van der Waals surface area contributed by atoms with Crippen molar-refractivity contribution in [1.82, 2.24) is 4.98 Å². The lowest BCUT2D eigenvalue weighted by Gasteiger charge is -2.03. The van der Waals surface area contributed by atoms with Crippen molar-refractivity contribution in [3.05, 3.63) is 42.1 Å². The van der Waals surface area contributed by atoms with Gasteiger partial charge in [-0.1, -0.05) is 24.3 Å². The first kappa shape index (κ1) is 10.1. The number of nitrogens with zero attached hydrogens (tertiary/aromatic N) is 1. The molecule has 0 unspecified atom stereocenters. The summed E-state index contributed by atoms with van der Waals surface area (Å²) < 4.78 is 5.21. The summed E-state index contributed by atoms with van der Waals surface area (Å²) in [6.45, 7) is 0.855. The van der Waals surface area contributed by atoms with Gasteiger partial charge in [-0.15, -0.1) is 0 Å². The maximum atomic E-state index is 8.57. The van der Waals surface area contributed by atoms with Gasteiger partial charge < -0.3 is 9.84 Å². The van der Waals surface area contributed by atoms with Gasteiger partial charge in [0.05, 0.1) is 31.0 Å². The van der Waals surface area contributed by atoms with E-state index < -0.39 is 0 Å². The zero-order valence-corrected chi connectivity index (χ0v) is 8.39. The molecule has 0 aliphatic rings. The number of hydrogen-bond acceptors (Lipinski definition) is 3. The molecule has 78 valence electrons. The van der Waals surface area contributed by atoms with Crippen molar-refractivity contribution in [2.45, 2.75) is 6.61 Å². The zero-order chi connectivity index (χ0) is 10.5. The van der Waals surface area contributed by atoms with Gasteiger partial charge in [0, 0.05) is 5.39 Å². The van der Waals surface area contributed by atoms with Crippen LogP contribution in [0.2, 0.25) is 0 Å². The fourth-order valence-corrected chi connectivity index (χ4v) is 1.43. The molecule has 1 N–H and O–H groups in total. The number of para-hydroxylation sites is 1. The summed E-state index contributed by atoms with van der Waals surface area (Å²) in [7, 11) is 0. The Balaban J connectivity index is 2.16. The van der Waals surface area contributed by atoms with E-state index >= 15 is 0 Å². The van der Waals surface area contributed by atoms with Gasteiger partial charge in [-0.2, -0.15) is 0 Å². The van der Waals surface area contributed by atoms with E-state index in [0.717, 1.165) is 16.6 Å². The fourth-order valence-electron chi connectivity index (χ4n) is 1.43. The lowest BCUT2D eigenvalue weighted by Crippen LogP contribution is -2.00. The third-order valence-corrected chi connectivity index (χ3v) is 2.14. The molecular weight excluding hydrogens is 190 g/mol. The Bertz CT molecular complexity index is 442. The highest BCUT2D eigenvalue weighted by Crippen LogP contribution is 2.11. The van der Waals surface area contributed by atoms with Crippen molar-refractivity contribution in [3.8, 4) is 0 Å². The van der Waals surface area contributed by atoms with Crippen LogP contribution in [0.15, 0.2) is 36.4 Å². The van der Waals surface area contributed by atoms with Gasteiger partial charge in [0.15, 0.2) is 0 Å². The van der Waals surface area contributed by atoms with Crippen LogP contribution in [0.1, 0.15) is 5.69 Å². The van der Waals surface area contributed by atoms with Crippen molar-refractivity contribution in [3.63, 3.8) is 0 Å². The van der Waals surface area contributed by atoms with Gasteiger partial charge in [-0.05, 0) is 12.1 Å². The summed E-state index contributed by atoms with van der Waals surface area (Å²) in [5, 5.41) is 9.70. The quantitative estimate of drug-likeness (QED) is 0.770. The smallest absolute Gasteiger partial charge is 0.0889 e. The predicted molar refractivity (Wildman–Crippen MR) is 58.5 cm³/mol. The van der Waals surface area contributed by atoms with E-state index in [9.17, 15) is 0 Å². The van der Waals surface area contributed by atoms with E-state index in [1.807, 2.05) is 36.4 Å². The molecule has 0 saturated carbocycles. The predicted octanol–water partition coefficient (Wildman–Crippen LogP) is 1.74. The number of aliphatic hydroxyl groups is 1. The molecule has 0 aliphatic heterocycles. The highest BCUT2D eigenvalue weighted by atomic mass is 16.5. The van der Waals surface area contributed by atoms with Gasteiger partial charge in [0.2, 0.25) is 0 Å². The third-order valence-electron chi connectivity index (χ3n) is 2.14. The van der Waals surface area contributed by atoms with Crippen molar-refractivity contribution < 1.29 is 9.84 Å². The second-order valence-electron chi connectivity index (χ2n) is 3.27. The number of benzene rings is 1. The van der Waals surface area contributed by atoms with Crippen molar-refractivity contribution in [2.75, 3.05) is 13.2 Å². The number of fused-ring (bicyclic) bond motifs is 1. The van der Waals surface area contributed by atoms with E-state index in [4.69, 9.17) is 9.84 Å². The van der Waals surface area contributed by atoms with Crippen molar-refractivity contribution in [2.24, 2.45) is 0 Å². The fraction of sp³-hybridized carbons (Fsp3) is 0.250. The topological polar surface area (TPSA) is 42.4 Å². The van der Waals surface area contributed by atoms with Crippen LogP contribution in [0.25, 0.3) is 10.9 Å². The minimum absolute atomic E-state index is 0.0492. The molecule has 1 heterocycles. The van der Waals surface area contributed by atoms with Crippen molar-refractivity contribution in [1.29, 1.82) is 0 Å². The first-order chi connectivity index (χ1) is 7.40. The molecular formula is C12H13NO2. The minimum atomic E-state index is 0.0492. The molecule has 3 heteroatoms. The lowest BCUT2D eigenvalue weighted by molar-refractivity contribution is 0.0798. The molecule has 0 fully saturated rings. The molecule has 1 aromatic carbocycles. The van der Waals surface area contributed by atoms with Gasteiger partial charge >= 0.3 is 0 Å². The monoisotopic (exact) mass is 203 g/mol. The van der Waals surface area contributed by atoms with Crippen LogP contribution < -0.4 is 0 Å². The van der Waals surface area contributed by atoms with Gasteiger partial charge in [-0.3, -0.25) is 4.98 Å². The Kier molecular flexibility index (Phi) is 3.27. The lowest BCUT2D eigenvalue weighted by atomic mass is 10.2. The Hall–Kier alpha value is -1.45. The Morgan fingerprint density at radius 1 is 1.13 bits per heavy atom. The second kappa shape index (κ2) is 4.87. The summed E-state index contributed by atoms with van der Waals surface area (Å²) in [5.74, 6) is 0. The molecule has 0 bridgehead atoms. The zero-order valence-electron chi connectivity index (χ0n) is 8.39. The summed E-state index contributed by atoms with van der Waals surface area (Å²) in [4.78, 5) is 4.44. The second-order valence-corrected chi connectivity index (χ2v) is 3.27. The van der Waals surface area contributed by atoms with Gasteiger partial charge in [-0.25, -0.2) is 0 Å². The van der Waals surface area contributed by atoms with E-state index in [1.54, 1.807) is 0 Å². The average Bonchev–Trinajstić information content (AvgIpc) is 2.29. The molecule has 2 aromatic rings. The maximum absolute atomic E-state index is 8.57. The normalized spacial score (nSPS) is 10.7. The SMILES string of the molecule is OCCOCc1ccc2ccccc2n1. The molecule has 0 amide bonds. The van der Waals surface area contributed by atoms with E-state index in [1.165, 1.54) is 0 Å². The van der Waals surface area contributed by atoms with E-state index in [0.29, 0.717) is 13.2 Å². The molecule has 2 rings (SSSR count). The third kappa shape index (κ3) is 2.52. The summed E-state index contributed by atoms with van der Waals surface area (Å²) in [5.41, 5.74) is 1.87. The Morgan fingerprint density at radius 2 is 2.00 bits per heavy atom. The van der Waals surface area contributed by atoms with Crippen LogP contribution in [0.4, 0.5) is 0 Å². The van der Waals surface area contributed by atoms with Crippen LogP contribution in [0.5, 0.6) is 0 Å². The maximum Gasteiger partial charge on any atom is 0.0889 e. The van der Waals surface area contributed by atoms with Gasteiger partial charge in [0.25, 0.3) is 0 Å². The van der Waals surface area contributed by atoms with E-state index in [-0.39, 0.29) is 6.61 Å². The number of hydrogen-bond donors (Lipinski definition) is 1. The molecule has 1 aromatic heterocycles. The highest BCUT2D eigenvalue weighted by molar-refractivity contribution is 5.78. The van der Waals surface area contributed by atoms with Crippen LogP contribution >= 0.6 is 0 Å². The van der Waals surface area contributed by atoms with Crippen LogP contribution in [-0.4, -0.2) is 23.3 Å². The number of aliphatic hydroxyl groups excluding tert-OH is 1. The molecule has 0 saturated heterocycles. The Morgan fingerprint density at radius 3 is 2.87 bits per heavy atom. The van der Waals surface area contributed by atoms with Crippen molar-refractivity contribution >= 4 is 10.9 Å². The number of aromatic nitrogens is 1. The van der Waals surface area contributed by atoms with Gasteiger partial charge in [0.1, 0.15) is 0 Å². The molecule has 0 atom stereocenters. The largest absolute Gasteiger partial charge is 0.394 e.